The maximum Gasteiger partial charge on any atom is 0.118 e. The van der Waals surface area contributed by atoms with E-state index in [1.54, 1.807) is 0 Å². The Kier molecular flexibility index (Phi) is 2.15. The molecule has 5 nitrogen and oxygen atoms in total. The summed E-state index contributed by atoms with van der Waals surface area (Å²) in [6.45, 7) is -0.0740. The van der Waals surface area contributed by atoms with Crippen LogP contribution >= 0.6 is 0 Å². The molecule has 0 aliphatic heterocycles. The first-order valence-corrected chi connectivity index (χ1v) is 5.51. The van der Waals surface area contributed by atoms with Crippen molar-refractivity contribution in [3.8, 4) is 0 Å². The number of nitrogens with zero attached hydrogens (tertiary/aromatic N) is 3. The molecule has 1 aromatic carbocycles. The maximum atomic E-state index is 9.10. The maximum absolute atomic E-state index is 9.10. The van der Waals surface area contributed by atoms with Crippen LogP contribution in [0.25, 0.3) is 11.0 Å². The van der Waals surface area contributed by atoms with E-state index in [9.17, 15) is 0 Å². The molecule has 1 heterocycles. The molecule has 3 rings (SSSR count). The molecule has 1 atom stereocenters. The lowest BCUT2D eigenvalue weighted by atomic mass is 10.1. The van der Waals surface area contributed by atoms with Crippen molar-refractivity contribution in [3.05, 3.63) is 23.8 Å². The first-order valence-electron chi connectivity index (χ1n) is 5.51. The van der Waals surface area contributed by atoms with Gasteiger partial charge in [-0.15, -0.1) is 5.10 Å². The number of benzene rings is 1. The zero-order valence-corrected chi connectivity index (χ0v) is 8.87. The third kappa shape index (κ3) is 1.40. The first kappa shape index (κ1) is 9.74. The Balaban J connectivity index is 2.16. The summed E-state index contributed by atoms with van der Waals surface area (Å²) in [5, 5.41) is 17.4. The molecule has 0 bridgehead atoms. The van der Waals surface area contributed by atoms with Crippen LogP contribution in [0.2, 0.25) is 0 Å². The molecule has 0 saturated heterocycles. The number of fused-ring (bicyclic) bond motifs is 1. The second kappa shape index (κ2) is 3.54. The second-order valence-corrected chi connectivity index (χ2v) is 4.27. The average Bonchev–Trinajstić information content (AvgIpc) is 3.07. The van der Waals surface area contributed by atoms with Gasteiger partial charge in [-0.2, -0.15) is 0 Å². The zero-order chi connectivity index (χ0) is 11.1. The SMILES string of the molecule is NC(CO)c1cccc2c1nnn2C1CC1. The Morgan fingerprint density at radius 2 is 2.31 bits per heavy atom. The van der Waals surface area contributed by atoms with Crippen molar-refractivity contribution in [2.24, 2.45) is 5.73 Å². The largest absolute Gasteiger partial charge is 0.394 e. The van der Waals surface area contributed by atoms with Crippen molar-refractivity contribution in [1.29, 1.82) is 0 Å². The molecule has 1 aromatic heterocycles. The molecule has 0 amide bonds. The van der Waals surface area contributed by atoms with E-state index < -0.39 is 0 Å². The van der Waals surface area contributed by atoms with Gasteiger partial charge in [0.2, 0.25) is 0 Å². The van der Waals surface area contributed by atoms with Crippen molar-refractivity contribution in [2.45, 2.75) is 24.9 Å². The van der Waals surface area contributed by atoms with Crippen LogP contribution in [0.3, 0.4) is 0 Å². The fourth-order valence-corrected chi connectivity index (χ4v) is 1.97. The molecule has 1 saturated carbocycles. The van der Waals surface area contributed by atoms with Gasteiger partial charge in [0, 0.05) is 5.56 Å². The minimum Gasteiger partial charge on any atom is -0.394 e. The molecule has 1 fully saturated rings. The van der Waals surface area contributed by atoms with Crippen molar-refractivity contribution < 1.29 is 5.11 Å². The lowest BCUT2D eigenvalue weighted by Crippen LogP contribution is -2.14. The molecule has 5 heteroatoms. The lowest BCUT2D eigenvalue weighted by molar-refractivity contribution is 0.268. The van der Waals surface area contributed by atoms with Gasteiger partial charge in [0.05, 0.1) is 24.2 Å². The Bertz CT molecular complexity index is 518. The van der Waals surface area contributed by atoms with Gasteiger partial charge in [0.15, 0.2) is 0 Å². The Morgan fingerprint density at radius 3 is 3.00 bits per heavy atom. The summed E-state index contributed by atoms with van der Waals surface area (Å²) in [5.41, 5.74) is 8.54. The smallest absolute Gasteiger partial charge is 0.118 e. The number of nitrogens with two attached hydrogens (primary N) is 1. The van der Waals surface area contributed by atoms with Gasteiger partial charge < -0.3 is 10.8 Å². The van der Waals surface area contributed by atoms with E-state index in [-0.39, 0.29) is 12.6 Å². The summed E-state index contributed by atoms with van der Waals surface area (Å²) in [4.78, 5) is 0. The standard InChI is InChI=1S/C11H14N4O/c12-9(6-16)8-2-1-3-10-11(8)13-14-15(10)7-4-5-7/h1-3,7,9,16H,4-6,12H2. The predicted octanol–water partition coefficient (Wildman–Crippen LogP) is 0.758. The molecule has 84 valence electrons. The fraction of sp³-hybridized carbons (Fsp3) is 0.455. The lowest BCUT2D eigenvalue weighted by Gasteiger charge is -2.08. The highest BCUT2D eigenvalue weighted by atomic mass is 16.3. The van der Waals surface area contributed by atoms with E-state index in [0.717, 1.165) is 16.6 Å². The molecule has 16 heavy (non-hydrogen) atoms. The molecular formula is C11H14N4O. The van der Waals surface area contributed by atoms with Crippen LogP contribution in [-0.2, 0) is 0 Å². The van der Waals surface area contributed by atoms with Crippen LogP contribution in [0, 0.1) is 0 Å². The molecular weight excluding hydrogens is 204 g/mol. The topological polar surface area (TPSA) is 77.0 Å². The monoisotopic (exact) mass is 218 g/mol. The van der Waals surface area contributed by atoms with E-state index in [1.807, 2.05) is 22.9 Å². The van der Waals surface area contributed by atoms with E-state index in [4.69, 9.17) is 10.8 Å². The van der Waals surface area contributed by atoms with Gasteiger partial charge >= 0.3 is 0 Å². The van der Waals surface area contributed by atoms with Crippen LogP contribution in [0.5, 0.6) is 0 Å². The summed E-state index contributed by atoms with van der Waals surface area (Å²) in [7, 11) is 0. The average molecular weight is 218 g/mol. The number of hydrogen-bond acceptors (Lipinski definition) is 4. The summed E-state index contributed by atoms with van der Waals surface area (Å²) in [5.74, 6) is 0. The molecule has 1 aliphatic rings. The molecule has 2 aromatic rings. The second-order valence-electron chi connectivity index (χ2n) is 4.27. The number of aliphatic hydroxyl groups is 1. The van der Waals surface area contributed by atoms with Crippen LogP contribution in [0.4, 0.5) is 0 Å². The number of aromatic nitrogens is 3. The number of rotatable bonds is 3. The summed E-state index contributed by atoms with van der Waals surface area (Å²) in [6, 6.07) is 5.96. The first-order chi connectivity index (χ1) is 7.81. The molecule has 0 radical (unpaired) electrons. The highest BCUT2D eigenvalue weighted by molar-refractivity contribution is 5.78. The number of aliphatic hydroxyl groups excluding tert-OH is 1. The quantitative estimate of drug-likeness (QED) is 0.797. The van der Waals surface area contributed by atoms with Gasteiger partial charge in [0.25, 0.3) is 0 Å². The summed E-state index contributed by atoms with van der Waals surface area (Å²) in [6.07, 6.45) is 2.35. The van der Waals surface area contributed by atoms with Crippen LogP contribution < -0.4 is 5.73 Å². The van der Waals surface area contributed by atoms with Crippen LogP contribution in [0.15, 0.2) is 18.2 Å². The van der Waals surface area contributed by atoms with Gasteiger partial charge in [-0.25, -0.2) is 4.68 Å². The Morgan fingerprint density at radius 1 is 1.50 bits per heavy atom. The minimum absolute atomic E-state index is 0.0740. The molecule has 1 unspecified atom stereocenters. The molecule has 3 N–H and O–H groups in total. The number of hydrogen-bond donors (Lipinski definition) is 2. The van der Waals surface area contributed by atoms with Crippen LogP contribution in [0.1, 0.15) is 30.5 Å². The molecule has 0 spiro atoms. The normalized spacial score (nSPS) is 17.9. The predicted molar refractivity (Wildman–Crippen MR) is 59.8 cm³/mol. The Labute approximate surface area is 92.9 Å². The molecule has 1 aliphatic carbocycles. The fourth-order valence-electron chi connectivity index (χ4n) is 1.97. The third-order valence-corrected chi connectivity index (χ3v) is 3.02. The van der Waals surface area contributed by atoms with Crippen molar-refractivity contribution in [2.75, 3.05) is 6.61 Å². The van der Waals surface area contributed by atoms with Crippen molar-refractivity contribution in [3.63, 3.8) is 0 Å². The minimum atomic E-state index is -0.381. The zero-order valence-electron chi connectivity index (χ0n) is 8.87. The highest BCUT2D eigenvalue weighted by Crippen LogP contribution is 2.36. The van der Waals surface area contributed by atoms with E-state index in [2.05, 4.69) is 10.3 Å². The van der Waals surface area contributed by atoms with E-state index in [0.29, 0.717) is 6.04 Å². The third-order valence-electron chi connectivity index (χ3n) is 3.02. The van der Waals surface area contributed by atoms with Crippen molar-refractivity contribution in [1.82, 2.24) is 15.0 Å². The summed E-state index contributed by atoms with van der Waals surface area (Å²) >= 11 is 0. The van der Waals surface area contributed by atoms with Gasteiger partial charge in [-0.3, -0.25) is 0 Å². The highest BCUT2D eigenvalue weighted by Gasteiger charge is 2.27. The Hall–Kier alpha value is -1.46. The van der Waals surface area contributed by atoms with Gasteiger partial charge in [-0.1, -0.05) is 17.3 Å². The van der Waals surface area contributed by atoms with Gasteiger partial charge in [0.1, 0.15) is 5.52 Å². The summed E-state index contributed by atoms with van der Waals surface area (Å²) < 4.78 is 1.96. The van der Waals surface area contributed by atoms with Crippen LogP contribution in [-0.4, -0.2) is 26.7 Å². The van der Waals surface area contributed by atoms with Gasteiger partial charge in [-0.05, 0) is 18.9 Å². The van der Waals surface area contributed by atoms with E-state index >= 15 is 0 Å². The van der Waals surface area contributed by atoms with E-state index in [1.165, 1.54) is 12.8 Å². The van der Waals surface area contributed by atoms with Crippen molar-refractivity contribution >= 4 is 11.0 Å².